The van der Waals surface area contributed by atoms with E-state index in [1.807, 2.05) is 19.3 Å². The zero-order valence-corrected chi connectivity index (χ0v) is 9.32. The molecular formula is C12H19N3. The lowest BCUT2D eigenvalue weighted by Crippen LogP contribution is -2.36. The number of aromatic nitrogens is 1. The van der Waals surface area contributed by atoms with Crippen LogP contribution in [0.2, 0.25) is 0 Å². The summed E-state index contributed by atoms with van der Waals surface area (Å²) in [5.41, 5.74) is 1.18. The van der Waals surface area contributed by atoms with Crippen LogP contribution in [0.5, 0.6) is 0 Å². The highest BCUT2D eigenvalue weighted by molar-refractivity contribution is 5.04. The van der Waals surface area contributed by atoms with Crippen molar-refractivity contribution in [2.75, 3.05) is 20.1 Å². The average molecular weight is 205 g/mol. The second-order valence-electron chi connectivity index (χ2n) is 4.15. The van der Waals surface area contributed by atoms with Crippen LogP contribution in [-0.2, 0) is 6.54 Å². The molecule has 1 saturated heterocycles. The van der Waals surface area contributed by atoms with Crippen molar-refractivity contribution in [3.63, 3.8) is 0 Å². The Morgan fingerprint density at radius 2 is 2.47 bits per heavy atom. The van der Waals surface area contributed by atoms with E-state index in [-0.39, 0.29) is 0 Å². The fourth-order valence-electron chi connectivity index (χ4n) is 2.27. The fraction of sp³-hybridized carbons (Fsp3) is 0.583. The van der Waals surface area contributed by atoms with Crippen molar-refractivity contribution in [1.82, 2.24) is 15.2 Å². The Kier molecular flexibility index (Phi) is 3.69. The Bertz CT molecular complexity index is 286. The Balaban J connectivity index is 1.93. The van der Waals surface area contributed by atoms with Crippen molar-refractivity contribution in [2.24, 2.45) is 0 Å². The van der Waals surface area contributed by atoms with E-state index in [1.165, 1.54) is 25.1 Å². The van der Waals surface area contributed by atoms with Crippen LogP contribution in [0, 0.1) is 0 Å². The number of nitrogens with one attached hydrogen (secondary N) is 1. The van der Waals surface area contributed by atoms with E-state index in [9.17, 15) is 0 Å². The molecule has 2 heterocycles. The summed E-state index contributed by atoms with van der Waals surface area (Å²) in [5, 5.41) is 3.26. The average Bonchev–Trinajstić information content (AvgIpc) is 2.68. The third kappa shape index (κ3) is 2.76. The van der Waals surface area contributed by atoms with Gasteiger partial charge in [0.25, 0.3) is 0 Å². The molecule has 0 spiro atoms. The van der Waals surface area contributed by atoms with Crippen LogP contribution in [0.25, 0.3) is 0 Å². The van der Waals surface area contributed by atoms with Gasteiger partial charge >= 0.3 is 0 Å². The van der Waals surface area contributed by atoms with E-state index < -0.39 is 0 Å². The first kappa shape index (κ1) is 10.6. The second-order valence-corrected chi connectivity index (χ2v) is 4.15. The quantitative estimate of drug-likeness (QED) is 0.802. The summed E-state index contributed by atoms with van der Waals surface area (Å²) >= 11 is 0. The van der Waals surface area contributed by atoms with Gasteiger partial charge < -0.3 is 5.32 Å². The number of likely N-dealkylation sites (N-methyl/N-ethyl adjacent to an activating group) is 1. The number of nitrogens with zero attached hydrogens (tertiary/aromatic N) is 2. The molecule has 1 aromatic rings. The van der Waals surface area contributed by atoms with Gasteiger partial charge in [-0.3, -0.25) is 9.88 Å². The smallest absolute Gasteiger partial charge is 0.0544 e. The summed E-state index contributed by atoms with van der Waals surface area (Å²) in [5.74, 6) is 0. The van der Waals surface area contributed by atoms with E-state index >= 15 is 0 Å². The van der Waals surface area contributed by atoms with Gasteiger partial charge in [0.05, 0.1) is 5.69 Å². The molecule has 1 aliphatic rings. The van der Waals surface area contributed by atoms with Gasteiger partial charge in [-0.1, -0.05) is 6.07 Å². The minimum absolute atomic E-state index is 0.692. The molecule has 15 heavy (non-hydrogen) atoms. The highest BCUT2D eigenvalue weighted by atomic mass is 15.2. The van der Waals surface area contributed by atoms with Crippen LogP contribution < -0.4 is 5.32 Å². The predicted molar refractivity (Wildman–Crippen MR) is 61.6 cm³/mol. The molecule has 3 heteroatoms. The lowest BCUT2D eigenvalue weighted by molar-refractivity contribution is 0.239. The molecule has 0 aromatic carbocycles. The first-order valence-electron chi connectivity index (χ1n) is 5.68. The standard InChI is InChI=1S/C12H19N3/c1-13-9-12-6-4-8-15(12)10-11-5-2-3-7-14-11/h2-3,5,7,12-13H,4,6,8-10H2,1H3. The maximum Gasteiger partial charge on any atom is 0.0544 e. The number of pyridine rings is 1. The van der Waals surface area contributed by atoms with Gasteiger partial charge in [0.1, 0.15) is 0 Å². The third-order valence-electron chi connectivity index (χ3n) is 3.03. The first-order valence-corrected chi connectivity index (χ1v) is 5.68. The van der Waals surface area contributed by atoms with Gasteiger partial charge in [-0.2, -0.15) is 0 Å². The third-order valence-corrected chi connectivity index (χ3v) is 3.03. The zero-order valence-electron chi connectivity index (χ0n) is 9.32. The Morgan fingerprint density at radius 1 is 1.53 bits per heavy atom. The van der Waals surface area contributed by atoms with E-state index in [0.717, 1.165) is 13.1 Å². The molecule has 1 unspecified atom stereocenters. The minimum atomic E-state index is 0.692. The summed E-state index contributed by atoms with van der Waals surface area (Å²) in [6, 6.07) is 6.83. The second kappa shape index (κ2) is 5.24. The molecule has 2 rings (SSSR count). The van der Waals surface area contributed by atoms with Gasteiger partial charge in [-0.25, -0.2) is 0 Å². The van der Waals surface area contributed by atoms with Gasteiger partial charge in [-0.05, 0) is 38.6 Å². The zero-order chi connectivity index (χ0) is 10.5. The van der Waals surface area contributed by atoms with Gasteiger partial charge in [0.15, 0.2) is 0 Å². The molecule has 0 aliphatic carbocycles. The molecule has 3 nitrogen and oxygen atoms in total. The Hall–Kier alpha value is -0.930. The van der Waals surface area contributed by atoms with Crippen LogP contribution >= 0.6 is 0 Å². The molecular weight excluding hydrogens is 186 g/mol. The van der Waals surface area contributed by atoms with Crippen molar-refractivity contribution in [1.29, 1.82) is 0 Å². The number of hydrogen-bond donors (Lipinski definition) is 1. The van der Waals surface area contributed by atoms with Gasteiger partial charge in [-0.15, -0.1) is 0 Å². The lowest BCUT2D eigenvalue weighted by atomic mass is 10.2. The van der Waals surface area contributed by atoms with Crippen LogP contribution in [0.4, 0.5) is 0 Å². The minimum Gasteiger partial charge on any atom is -0.318 e. The van der Waals surface area contributed by atoms with Crippen LogP contribution in [0.1, 0.15) is 18.5 Å². The summed E-state index contributed by atoms with van der Waals surface area (Å²) in [6.07, 6.45) is 4.51. The topological polar surface area (TPSA) is 28.2 Å². The maximum absolute atomic E-state index is 4.37. The summed E-state index contributed by atoms with van der Waals surface area (Å²) in [7, 11) is 2.03. The van der Waals surface area contributed by atoms with E-state index in [1.54, 1.807) is 0 Å². The van der Waals surface area contributed by atoms with Crippen LogP contribution in [-0.4, -0.2) is 36.1 Å². The van der Waals surface area contributed by atoms with Crippen molar-refractivity contribution in [3.8, 4) is 0 Å². The molecule has 1 fully saturated rings. The highest BCUT2D eigenvalue weighted by Crippen LogP contribution is 2.18. The molecule has 1 aliphatic heterocycles. The monoisotopic (exact) mass is 205 g/mol. The van der Waals surface area contributed by atoms with E-state index in [2.05, 4.69) is 27.3 Å². The van der Waals surface area contributed by atoms with Crippen molar-refractivity contribution in [2.45, 2.75) is 25.4 Å². The van der Waals surface area contributed by atoms with Gasteiger partial charge in [0, 0.05) is 25.3 Å². The predicted octanol–water partition coefficient (Wildman–Crippen LogP) is 1.27. The van der Waals surface area contributed by atoms with E-state index in [4.69, 9.17) is 0 Å². The molecule has 0 amide bonds. The van der Waals surface area contributed by atoms with E-state index in [0.29, 0.717) is 6.04 Å². The van der Waals surface area contributed by atoms with Crippen LogP contribution in [0.3, 0.4) is 0 Å². The Morgan fingerprint density at radius 3 is 3.20 bits per heavy atom. The first-order chi connectivity index (χ1) is 7.40. The van der Waals surface area contributed by atoms with Crippen LogP contribution in [0.15, 0.2) is 24.4 Å². The summed E-state index contributed by atoms with van der Waals surface area (Å²) in [4.78, 5) is 6.90. The molecule has 0 saturated carbocycles. The highest BCUT2D eigenvalue weighted by Gasteiger charge is 2.23. The molecule has 1 N–H and O–H groups in total. The lowest BCUT2D eigenvalue weighted by Gasteiger charge is -2.23. The summed E-state index contributed by atoms with van der Waals surface area (Å²) in [6.45, 7) is 3.29. The fourth-order valence-corrected chi connectivity index (χ4v) is 2.27. The SMILES string of the molecule is CNCC1CCCN1Cc1ccccn1. The molecule has 1 aromatic heterocycles. The molecule has 82 valence electrons. The molecule has 0 radical (unpaired) electrons. The summed E-state index contributed by atoms with van der Waals surface area (Å²) < 4.78 is 0. The maximum atomic E-state index is 4.37. The largest absolute Gasteiger partial charge is 0.318 e. The Labute approximate surface area is 91.5 Å². The molecule has 0 bridgehead atoms. The van der Waals surface area contributed by atoms with Crippen molar-refractivity contribution >= 4 is 0 Å². The van der Waals surface area contributed by atoms with Gasteiger partial charge in [0.2, 0.25) is 0 Å². The number of hydrogen-bond acceptors (Lipinski definition) is 3. The number of rotatable bonds is 4. The van der Waals surface area contributed by atoms with Crippen molar-refractivity contribution in [3.05, 3.63) is 30.1 Å². The normalized spacial score (nSPS) is 22.1. The number of likely N-dealkylation sites (tertiary alicyclic amines) is 1. The molecule has 1 atom stereocenters. The van der Waals surface area contributed by atoms with Crippen molar-refractivity contribution < 1.29 is 0 Å².